The third-order valence-corrected chi connectivity index (χ3v) is 3.21. The Hall–Kier alpha value is -0.640. The van der Waals surface area contributed by atoms with Crippen molar-refractivity contribution < 1.29 is 5.21 Å². The predicted molar refractivity (Wildman–Crippen MR) is 52.7 cm³/mol. The maximum Gasteiger partial charge on any atom is 0.161 e. The molecule has 0 aromatic heterocycles. The topological polar surface area (TPSA) is 35.8 Å². The second kappa shape index (κ2) is 3.39. The van der Waals surface area contributed by atoms with Crippen LogP contribution in [-0.4, -0.2) is 33.1 Å². The van der Waals surface area contributed by atoms with E-state index < -0.39 is 0 Å². The van der Waals surface area contributed by atoms with Crippen LogP contribution in [0.25, 0.3) is 0 Å². The molecule has 0 aromatic rings. The third kappa shape index (κ3) is 1.58. The van der Waals surface area contributed by atoms with Gasteiger partial charge in [-0.1, -0.05) is 11.2 Å². The molecule has 0 spiro atoms. The van der Waals surface area contributed by atoms with Crippen LogP contribution >= 0.6 is 11.8 Å². The summed E-state index contributed by atoms with van der Waals surface area (Å²) in [6.07, 6.45) is 1.81. The summed E-state index contributed by atoms with van der Waals surface area (Å²) in [5, 5.41) is 12.1. The zero-order valence-corrected chi connectivity index (χ0v) is 8.27. The molecular weight excluding hydrogens is 172 g/mol. The van der Waals surface area contributed by atoms with Gasteiger partial charge in [-0.15, -0.1) is 18.3 Å². The fraction of sp³-hybridized carbons (Fsp3) is 0.625. The van der Waals surface area contributed by atoms with Gasteiger partial charge in [-0.2, -0.15) is 0 Å². The van der Waals surface area contributed by atoms with Gasteiger partial charge in [-0.05, 0) is 13.8 Å². The van der Waals surface area contributed by atoms with Crippen LogP contribution in [0.3, 0.4) is 0 Å². The minimum atomic E-state index is -0.0717. The summed E-state index contributed by atoms with van der Waals surface area (Å²) in [6.45, 7) is 8.50. The summed E-state index contributed by atoms with van der Waals surface area (Å²) < 4.78 is -0.0717. The summed E-state index contributed by atoms with van der Waals surface area (Å²) in [7, 11) is 0. The maximum absolute atomic E-state index is 8.80. The van der Waals surface area contributed by atoms with Crippen molar-refractivity contribution in [2.75, 3.05) is 12.4 Å². The van der Waals surface area contributed by atoms with Gasteiger partial charge in [0.2, 0.25) is 0 Å². The van der Waals surface area contributed by atoms with Gasteiger partial charge in [0.15, 0.2) is 5.84 Å². The van der Waals surface area contributed by atoms with E-state index in [2.05, 4.69) is 25.6 Å². The largest absolute Gasteiger partial charge is 0.409 e. The molecule has 3 nitrogen and oxygen atoms in total. The number of hydrogen-bond donors (Lipinski definition) is 1. The minimum Gasteiger partial charge on any atom is -0.409 e. The lowest BCUT2D eigenvalue weighted by molar-refractivity contribution is 0.305. The van der Waals surface area contributed by atoms with E-state index in [1.165, 1.54) is 0 Å². The number of nitrogens with zero attached hydrogens (tertiary/aromatic N) is 2. The highest BCUT2D eigenvalue weighted by atomic mass is 32.2. The summed E-state index contributed by atoms with van der Waals surface area (Å²) in [5.41, 5.74) is 0. The second-order valence-electron chi connectivity index (χ2n) is 3.22. The first-order valence-electron chi connectivity index (χ1n) is 3.84. The Morgan fingerprint density at radius 3 is 3.00 bits per heavy atom. The lowest BCUT2D eigenvalue weighted by atomic mass is 10.2. The average molecular weight is 186 g/mol. The molecule has 4 heteroatoms. The Kier molecular flexibility index (Phi) is 2.67. The first kappa shape index (κ1) is 9.45. The van der Waals surface area contributed by atoms with E-state index in [4.69, 9.17) is 5.21 Å². The van der Waals surface area contributed by atoms with Crippen LogP contribution < -0.4 is 0 Å². The molecule has 1 aliphatic rings. The highest BCUT2D eigenvalue weighted by Crippen LogP contribution is 2.34. The first-order chi connectivity index (χ1) is 5.61. The van der Waals surface area contributed by atoms with Gasteiger partial charge in [0.25, 0.3) is 0 Å². The van der Waals surface area contributed by atoms with Gasteiger partial charge in [-0.3, -0.25) is 0 Å². The molecule has 1 rings (SSSR count). The Balaban J connectivity index is 2.77. The molecule has 0 radical (unpaired) electrons. The SMILES string of the molecule is C=CCN1CSC(C)(C)C1=NO. The van der Waals surface area contributed by atoms with Crippen LogP contribution in [-0.2, 0) is 0 Å². The van der Waals surface area contributed by atoms with Crippen molar-refractivity contribution in [2.24, 2.45) is 5.16 Å². The van der Waals surface area contributed by atoms with E-state index in [1.807, 2.05) is 11.0 Å². The number of amidine groups is 1. The Morgan fingerprint density at radius 2 is 2.50 bits per heavy atom. The Morgan fingerprint density at radius 1 is 1.83 bits per heavy atom. The number of thioether (sulfide) groups is 1. The summed E-state index contributed by atoms with van der Waals surface area (Å²) >= 11 is 1.77. The van der Waals surface area contributed by atoms with Gasteiger partial charge in [0.05, 0.1) is 10.6 Å². The van der Waals surface area contributed by atoms with Crippen molar-refractivity contribution in [2.45, 2.75) is 18.6 Å². The van der Waals surface area contributed by atoms with Crippen molar-refractivity contribution in [3.63, 3.8) is 0 Å². The predicted octanol–water partition coefficient (Wildman–Crippen LogP) is 1.75. The average Bonchev–Trinajstić information content (AvgIpc) is 2.27. The van der Waals surface area contributed by atoms with E-state index in [0.717, 1.165) is 18.3 Å². The molecule has 0 bridgehead atoms. The molecule has 1 fully saturated rings. The molecular formula is C8H14N2OS. The van der Waals surface area contributed by atoms with Gasteiger partial charge in [0, 0.05) is 6.54 Å². The number of hydrogen-bond acceptors (Lipinski definition) is 3. The molecule has 0 atom stereocenters. The minimum absolute atomic E-state index is 0.0717. The van der Waals surface area contributed by atoms with E-state index >= 15 is 0 Å². The fourth-order valence-electron chi connectivity index (χ4n) is 1.22. The third-order valence-electron chi connectivity index (χ3n) is 1.86. The van der Waals surface area contributed by atoms with Crippen molar-refractivity contribution in [3.8, 4) is 0 Å². The monoisotopic (exact) mass is 186 g/mol. The van der Waals surface area contributed by atoms with Crippen molar-refractivity contribution in [3.05, 3.63) is 12.7 Å². The smallest absolute Gasteiger partial charge is 0.161 e. The molecule has 1 aliphatic heterocycles. The fourth-order valence-corrected chi connectivity index (χ4v) is 2.23. The van der Waals surface area contributed by atoms with Crippen molar-refractivity contribution in [1.82, 2.24) is 4.90 Å². The van der Waals surface area contributed by atoms with Crippen molar-refractivity contribution in [1.29, 1.82) is 0 Å². The molecule has 0 saturated carbocycles. The van der Waals surface area contributed by atoms with Crippen LogP contribution in [0.2, 0.25) is 0 Å². The van der Waals surface area contributed by atoms with Crippen LogP contribution in [0.5, 0.6) is 0 Å². The van der Waals surface area contributed by atoms with Crippen LogP contribution in [0.4, 0.5) is 0 Å². The molecule has 0 unspecified atom stereocenters. The zero-order chi connectivity index (χ0) is 9.19. The van der Waals surface area contributed by atoms with Crippen LogP contribution in [0.1, 0.15) is 13.8 Å². The standard InChI is InChI=1S/C8H14N2OS/c1-4-5-10-6-12-8(2,3)7(10)9-11/h4,11H,1,5-6H2,2-3H3. The number of rotatable bonds is 2. The molecule has 0 aromatic carbocycles. The molecule has 1 heterocycles. The lowest BCUT2D eigenvalue weighted by Gasteiger charge is -2.19. The molecule has 0 aliphatic carbocycles. The zero-order valence-electron chi connectivity index (χ0n) is 7.45. The Labute approximate surface area is 77.1 Å². The normalized spacial score (nSPS) is 24.8. The van der Waals surface area contributed by atoms with Crippen molar-refractivity contribution >= 4 is 17.6 Å². The molecule has 1 N–H and O–H groups in total. The van der Waals surface area contributed by atoms with Gasteiger partial charge in [-0.25, -0.2) is 0 Å². The van der Waals surface area contributed by atoms with Gasteiger partial charge >= 0.3 is 0 Å². The lowest BCUT2D eigenvalue weighted by Crippen LogP contribution is -2.34. The Bertz CT molecular complexity index is 213. The quantitative estimate of drug-likeness (QED) is 0.405. The van der Waals surface area contributed by atoms with Crippen LogP contribution in [0.15, 0.2) is 17.8 Å². The summed E-state index contributed by atoms with van der Waals surface area (Å²) in [4.78, 5) is 2.01. The van der Waals surface area contributed by atoms with Gasteiger partial charge < -0.3 is 10.1 Å². The highest BCUT2D eigenvalue weighted by molar-refractivity contribution is 8.01. The molecule has 0 amide bonds. The van der Waals surface area contributed by atoms with Gasteiger partial charge in [0.1, 0.15) is 0 Å². The summed E-state index contributed by atoms with van der Waals surface area (Å²) in [6, 6.07) is 0. The maximum atomic E-state index is 8.80. The van der Waals surface area contributed by atoms with Crippen LogP contribution in [0, 0.1) is 0 Å². The van der Waals surface area contributed by atoms with E-state index in [0.29, 0.717) is 0 Å². The highest BCUT2D eigenvalue weighted by Gasteiger charge is 2.37. The molecule has 68 valence electrons. The van der Waals surface area contributed by atoms with E-state index in [1.54, 1.807) is 11.8 Å². The second-order valence-corrected chi connectivity index (χ2v) is 4.79. The molecule has 1 saturated heterocycles. The van der Waals surface area contributed by atoms with E-state index in [9.17, 15) is 0 Å². The van der Waals surface area contributed by atoms with E-state index in [-0.39, 0.29) is 4.75 Å². The first-order valence-corrected chi connectivity index (χ1v) is 4.82. The number of oxime groups is 1. The summed E-state index contributed by atoms with van der Waals surface area (Å²) in [5.74, 6) is 1.62. The molecule has 12 heavy (non-hydrogen) atoms.